The number of para-hydroxylation sites is 1. The number of anilines is 1. The lowest BCUT2D eigenvalue weighted by Gasteiger charge is -2.16. The second-order valence-corrected chi connectivity index (χ2v) is 6.57. The molecule has 1 heterocycles. The maximum absolute atomic E-state index is 12.3. The van der Waals surface area contributed by atoms with Gasteiger partial charge in [-0.1, -0.05) is 29.8 Å². The van der Waals surface area contributed by atoms with Crippen LogP contribution in [-0.4, -0.2) is 34.4 Å². The molecule has 0 aliphatic rings. The van der Waals surface area contributed by atoms with E-state index in [1.807, 2.05) is 56.1 Å². The van der Waals surface area contributed by atoms with Crippen molar-refractivity contribution in [3.05, 3.63) is 69.8 Å². The summed E-state index contributed by atoms with van der Waals surface area (Å²) < 4.78 is 0. The van der Waals surface area contributed by atoms with Crippen LogP contribution >= 0.6 is 0 Å². The highest BCUT2D eigenvalue weighted by molar-refractivity contribution is 5.93. The quantitative estimate of drug-likeness (QED) is 0.741. The van der Waals surface area contributed by atoms with Crippen molar-refractivity contribution < 1.29 is 4.79 Å². The molecular formula is C20H22N4O2. The van der Waals surface area contributed by atoms with Crippen molar-refractivity contribution in [2.75, 3.05) is 18.9 Å². The van der Waals surface area contributed by atoms with Gasteiger partial charge in [-0.2, -0.15) is 0 Å². The first-order valence-electron chi connectivity index (χ1n) is 8.46. The van der Waals surface area contributed by atoms with E-state index in [1.54, 1.807) is 12.1 Å². The van der Waals surface area contributed by atoms with E-state index in [1.165, 1.54) is 0 Å². The molecule has 1 amide bonds. The molecule has 26 heavy (non-hydrogen) atoms. The van der Waals surface area contributed by atoms with E-state index in [0.717, 1.165) is 16.8 Å². The number of aromatic nitrogens is 2. The number of aromatic amines is 1. The molecule has 0 radical (unpaired) electrons. The number of nitrogens with zero attached hydrogens (tertiary/aromatic N) is 2. The lowest BCUT2D eigenvalue weighted by Crippen LogP contribution is -2.31. The Morgan fingerprint density at radius 1 is 1.19 bits per heavy atom. The number of fused-ring (bicyclic) bond motifs is 1. The summed E-state index contributed by atoms with van der Waals surface area (Å²) in [6.45, 7) is 4.56. The van der Waals surface area contributed by atoms with Gasteiger partial charge in [-0.15, -0.1) is 0 Å². The number of carbonyl (C=O) groups excluding carboxylic acids is 1. The maximum atomic E-state index is 12.3. The molecule has 0 unspecified atom stereocenters. The van der Waals surface area contributed by atoms with Gasteiger partial charge in [-0.05, 0) is 44.7 Å². The molecule has 0 atom stereocenters. The summed E-state index contributed by atoms with van der Waals surface area (Å²) in [5, 5.41) is 3.48. The number of likely N-dealkylation sites (N-methyl/N-ethyl adjacent to an activating group) is 1. The Bertz CT molecular complexity index is 1010. The molecule has 0 fully saturated rings. The monoisotopic (exact) mass is 350 g/mol. The Morgan fingerprint density at radius 2 is 1.96 bits per heavy atom. The van der Waals surface area contributed by atoms with Crippen molar-refractivity contribution >= 4 is 22.5 Å². The third kappa shape index (κ3) is 4.15. The van der Waals surface area contributed by atoms with Crippen LogP contribution in [0.5, 0.6) is 0 Å². The van der Waals surface area contributed by atoms with Gasteiger partial charge in [0.1, 0.15) is 5.82 Å². The highest BCUT2D eigenvalue weighted by Gasteiger charge is 2.11. The average molecular weight is 350 g/mol. The fourth-order valence-corrected chi connectivity index (χ4v) is 2.91. The topological polar surface area (TPSA) is 78.1 Å². The highest BCUT2D eigenvalue weighted by Crippen LogP contribution is 2.16. The van der Waals surface area contributed by atoms with Crippen LogP contribution in [0.15, 0.2) is 47.3 Å². The smallest absolute Gasteiger partial charge is 0.258 e. The minimum Gasteiger partial charge on any atom is -0.325 e. The third-order valence-corrected chi connectivity index (χ3v) is 4.15. The zero-order chi connectivity index (χ0) is 18.7. The number of carbonyl (C=O) groups is 1. The van der Waals surface area contributed by atoms with E-state index in [0.29, 0.717) is 23.3 Å². The summed E-state index contributed by atoms with van der Waals surface area (Å²) in [5.74, 6) is 0.429. The SMILES string of the molecule is Cc1ccc(NC(=O)CN(C)Cc2nc3ccccc3c(=O)[nH]2)c(C)c1. The second-order valence-electron chi connectivity index (χ2n) is 6.57. The van der Waals surface area contributed by atoms with Gasteiger partial charge in [-0.25, -0.2) is 4.98 Å². The van der Waals surface area contributed by atoms with Crippen LogP contribution in [0.2, 0.25) is 0 Å². The minimum atomic E-state index is -0.168. The van der Waals surface area contributed by atoms with Crippen molar-refractivity contribution in [3.63, 3.8) is 0 Å². The molecule has 0 spiro atoms. The van der Waals surface area contributed by atoms with Gasteiger partial charge in [-0.3, -0.25) is 14.5 Å². The molecule has 0 saturated heterocycles. The van der Waals surface area contributed by atoms with E-state index in [9.17, 15) is 9.59 Å². The van der Waals surface area contributed by atoms with Gasteiger partial charge in [0, 0.05) is 5.69 Å². The van der Waals surface area contributed by atoms with Crippen LogP contribution in [0.4, 0.5) is 5.69 Å². The molecule has 0 bridgehead atoms. The average Bonchev–Trinajstić information content (AvgIpc) is 2.57. The van der Waals surface area contributed by atoms with E-state index in [4.69, 9.17) is 0 Å². The zero-order valence-electron chi connectivity index (χ0n) is 15.2. The number of benzene rings is 2. The number of hydrogen-bond donors (Lipinski definition) is 2. The van der Waals surface area contributed by atoms with E-state index in [-0.39, 0.29) is 18.0 Å². The molecule has 134 valence electrons. The largest absolute Gasteiger partial charge is 0.325 e. The molecule has 6 heteroatoms. The van der Waals surface area contributed by atoms with Crippen LogP contribution in [-0.2, 0) is 11.3 Å². The predicted octanol–water partition coefficient (Wildman–Crippen LogP) is 2.61. The Labute approximate surface area is 151 Å². The van der Waals surface area contributed by atoms with Gasteiger partial charge < -0.3 is 10.3 Å². The predicted molar refractivity (Wildman–Crippen MR) is 103 cm³/mol. The lowest BCUT2D eigenvalue weighted by molar-refractivity contribution is -0.117. The number of nitrogens with one attached hydrogen (secondary N) is 2. The number of aryl methyl sites for hydroxylation is 2. The van der Waals surface area contributed by atoms with E-state index < -0.39 is 0 Å². The molecule has 3 rings (SSSR count). The van der Waals surface area contributed by atoms with Gasteiger partial charge in [0.2, 0.25) is 5.91 Å². The standard InChI is InChI=1S/C20H22N4O2/c1-13-8-9-16(14(2)10-13)22-19(25)12-24(3)11-18-21-17-7-5-4-6-15(17)20(26)23-18/h4-10H,11-12H2,1-3H3,(H,22,25)(H,21,23,26). The van der Waals surface area contributed by atoms with Crippen molar-refractivity contribution in [3.8, 4) is 0 Å². The van der Waals surface area contributed by atoms with Crippen molar-refractivity contribution in [2.24, 2.45) is 0 Å². The van der Waals surface area contributed by atoms with Crippen molar-refractivity contribution in [1.82, 2.24) is 14.9 Å². The Balaban J connectivity index is 1.66. The fourth-order valence-electron chi connectivity index (χ4n) is 2.91. The summed E-state index contributed by atoms with van der Waals surface area (Å²) in [4.78, 5) is 33.5. The van der Waals surface area contributed by atoms with Crippen LogP contribution in [0.25, 0.3) is 10.9 Å². The summed E-state index contributed by atoms with van der Waals surface area (Å²) in [5.41, 5.74) is 3.48. The molecule has 1 aromatic heterocycles. The molecule has 0 aliphatic heterocycles. The Morgan fingerprint density at radius 3 is 2.73 bits per heavy atom. The molecule has 0 aliphatic carbocycles. The number of rotatable bonds is 5. The highest BCUT2D eigenvalue weighted by atomic mass is 16.2. The number of hydrogen-bond acceptors (Lipinski definition) is 4. The van der Waals surface area contributed by atoms with Crippen molar-refractivity contribution in [2.45, 2.75) is 20.4 Å². The number of H-pyrrole nitrogens is 1. The first-order valence-corrected chi connectivity index (χ1v) is 8.46. The minimum absolute atomic E-state index is 0.109. The molecule has 3 aromatic rings. The van der Waals surface area contributed by atoms with E-state index >= 15 is 0 Å². The summed E-state index contributed by atoms with van der Waals surface area (Å²) in [6, 6.07) is 13.1. The third-order valence-electron chi connectivity index (χ3n) is 4.15. The second kappa shape index (κ2) is 7.49. The van der Waals surface area contributed by atoms with Gasteiger partial charge in [0.15, 0.2) is 0 Å². The molecular weight excluding hydrogens is 328 g/mol. The van der Waals surface area contributed by atoms with Crippen molar-refractivity contribution in [1.29, 1.82) is 0 Å². The molecule has 0 saturated carbocycles. The molecule has 6 nitrogen and oxygen atoms in total. The molecule has 2 aromatic carbocycles. The van der Waals surface area contributed by atoms with Gasteiger partial charge in [0.05, 0.1) is 24.0 Å². The normalized spacial score (nSPS) is 11.1. The van der Waals surface area contributed by atoms with Crippen LogP contribution in [0.3, 0.4) is 0 Å². The molecule has 2 N–H and O–H groups in total. The summed E-state index contributed by atoms with van der Waals surface area (Å²) in [6.07, 6.45) is 0. The first kappa shape index (κ1) is 17.8. The van der Waals surface area contributed by atoms with Gasteiger partial charge in [0.25, 0.3) is 5.56 Å². The van der Waals surface area contributed by atoms with Crippen LogP contribution in [0, 0.1) is 13.8 Å². The van der Waals surface area contributed by atoms with E-state index in [2.05, 4.69) is 15.3 Å². The van der Waals surface area contributed by atoms with Crippen LogP contribution in [0.1, 0.15) is 17.0 Å². The fraction of sp³-hybridized carbons (Fsp3) is 0.250. The summed E-state index contributed by atoms with van der Waals surface area (Å²) in [7, 11) is 1.82. The Kier molecular flexibility index (Phi) is 5.14. The maximum Gasteiger partial charge on any atom is 0.258 e. The van der Waals surface area contributed by atoms with Gasteiger partial charge >= 0.3 is 0 Å². The zero-order valence-corrected chi connectivity index (χ0v) is 15.2. The first-order chi connectivity index (χ1) is 12.4. The summed E-state index contributed by atoms with van der Waals surface area (Å²) >= 11 is 0. The Hall–Kier alpha value is -2.99. The lowest BCUT2D eigenvalue weighted by atomic mass is 10.1. The van der Waals surface area contributed by atoms with Crippen LogP contribution < -0.4 is 10.9 Å². The number of amides is 1.